The van der Waals surface area contributed by atoms with E-state index in [-0.39, 0.29) is 18.6 Å². The molecule has 0 spiro atoms. The average molecular weight is 345 g/mol. The predicted octanol–water partition coefficient (Wildman–Crippen LogP) is 2.48. The Balaban J connectivity index is 1.70. The topological polar surface area (TPSA) is 77.7 Å². The molecule has 25 heavy (non-hydrogen) atoms. The van der Waals surface area contributed by atoms with E-state index in [0.717, 1.165) is 16.9 Å². The van der Waals surface area contributed by atoms with Crippen LogP contribution in [0.4, 0.5) is 0 Å². The van der Waals surface area contributed by atoms with Gasteiger partial charge in [-0.1, -0.05) is 31.1 Å². The van der Waals surface area contributed by atoms with Gasteiger partial charge in [-0.3, -0.25) is 4.79 Å². The van der Waals surface area contributed by atoms with Crippen LogP contribution in [0.1, 0.15) is 42.8 Å². The number of morpholine rings is 1. The van der Waals surface area contributed by atoms with Crippen molar-refractivity contribution in [3.8, 4) is 5.75 Å². The van der Waals surface area contributed by atoms with Crippen molar-refractivity contribution in [1.82, 2.24) is 15.0 Å². The maximum Gasteiger partial charge on any atom is 0.261 e. The van der Waals surface area contributed by atoms with Gasteiger partial charge in [-0.15, -0.1) is 0 Å². The van der Waals surface area contributed by atoms with E-state index in [1.54, 1.807) is 4.90 Å². The van der Waals surface area contributed by atoms with Gasteiger partial charge in [0.2, 0.25) is 6.39 Å². The van der Waals surface area contributed by atoms with Gasteiger partial charge in [-0.25, -0.2) is 0 Å². The minimum absolute atomic E-state index is 0.0302. The van der Waals surface area contributed by atoms with Crippen LogP contribution >= 0.6 is 0 Å². The van der Waals surface area contributed by atoms with Crippen molar-refractivity contribution >= 4 is 5.91 Å². The molecular weight excluding hydrogens is 322 g/mol. The van der Waals surface area contributed by atoms with Gasteiger partial charge < -0.3 is 18.9 Å². The summed E-state index contributed by atoms with van der Waals surface area (Å²) in [6, 6.07) is 5.73. The van der Waals surface area contributed by atoms with E-state index in [1.807, 2.05) is 13.0 Å². The molecule has 1 aliphatic heterocycles. The molecule has 0 bridgehead atoms. The molecule has 1 saturated heterocycles. The molecule has 1 fully saturated rings. The number of hydrogen-bond acceptors (Lipinski definition) is 6. The number of carbonyl (C=O) groups excluding carboxylic acids is 1. The molecule has 1 atom stereocenters. The number of ether oxygens (including phenoxy) is 2. The van der Waals surface area contributed by atoms with Gasteiger partial charge in [0.05, 0.1) is 13.2 Å². The van der Waals surface area contributed by atoms with Crippen molar-refractivity contribution in [2.75, 3.05) is 26.4 Å². The maximum atomic E-state index is 12.7. The molecule has 0 aliphatic carbocycles. The fourth-order valence-electron chi connectivity index (χ4n) is 2.91. The number of aromatic nitrogens is 2. The largest absolute Gasteiger partial charge is 0.483 e. The summed E-state index contributed by atoms with van der Waals surface area (Å²) < 4.78 is 16.1. The zero-order valence-electron chi connectivity index (χ0n) is 14.8. The Bertz CT molecular complexity index is 715. The van der Waals surface area contributed by atoms with Crippen molar-refractivity contribution < 1.29 is 18.8 Å². The molecule has 1 aromatic carbocycles. The summed E-state index contributed by atoms with van der Waals surface area (Å²) in [4.78, 5) is 18.4. The molecule has 2 heterocycles. The Kier molecular flexibility index (Phi) is 5.33. The van der Waals surface area contributed by atoms with Gasteiger partial charge in [-0.05, 0) is 30.0 Å². The second-order valence-corrected chi connectivity index (χ2v) is 6.45. The number of benzene rings is 1. The summed E-state index contributed by atoms with van der Waals surface area (Å²) in [5.74, 6) is 1.41. The molecule has 0 unspecified atom stereocenters. The van der Waals surface area contributed by atoms with Gasteiger partial charge in [0.1, 0.15) is 11.8 Å². The van der Waals surface area contributed by atoms with E-state index in [4.69, 9.17) is 14.0 Å². The fourth-order valence-corrected chi connectivity index (χ4v) is 2.91. The lowest BCUT2D eigenvalue weighted by Crippen LogP contribution is -2.45. The molecule has 7 heteroatoms. The lowest BCUT2D eigenvalue weighted by Gasteiger charge is -2.33. The van der Waals surface area contributed by atoms with Gasteiger partial charge in [0.15, 0.2) is 12.4 Å². The van der Waals surface area contributed by atoms with Crippen LogP contribution in [0.3, 0.4) is 0 Å². The number of aryl methyl sites for hydroxylation is 1. The molecule has 134 valence electrons. The van der Waals surface area contributed by atoms with Crippen LogP contribution in [-0.2, 0) is 9.53 Å². The first-order chi connectivity index (χ1) is 12.1. The number of nitrogens with zero attached hydrogens (tertiary/aromatic N) is 3. The van der Waals surface area contributed by atoms with E-state index in [9.17, 15) is 4.79 Å². The van der Waals surface area contributed by atoms with Gasteiger partial charge >= 0.3 is 0 Å². The van der Waals surface area contributed by atoms with Crippen LogP contribution in [0.5, 0.6) is 5.75 Å². The summed E-state index contributed by atoms with van der Waals surface area (Å²) in [5.41, 5.74) is 2.19. The SMILES string of the molecule is Cc1ccc(C(C)C)c(OCC(=O)N2CCOC[C@@H]2c2ncon2)c1. The second-order valence-electron chi connectivity index (χ2n) is 6.45. The van der Waals surface area contributed by atoms with Gasteiger partial charge in [0.25, 0.3) is 5.91 Å². The Morgan fingerprint density at radius 3 is 3.00 bits per heavy atom. The van der Waals surface area contributed by atoms with E-state index < -0.39 is 0 Å². The number of amides is 1. The summed E-state index contributed by atoms with van der Waals surface area (Å²) in [7, 11) is 0. The molecule has 7 nitrogen and oxygen atoms in total. The highest BCUT2D eigenvalue weighted by atomic mass is 16.5. The zero-order chi connectivity index (χ0) is 17.8. The quantitative estimate of drug-likeness (QED) is 0.828. The predicted molar refractivity (Wildman–Crippen MR) is 90.3 cm³/mol. The van der Waals surface area contributed by atoms with Crippen molar-refractivity contribution in [3.63, 3.8) is 0 Å². The second kappa shape index (κ2) is 7.65. The van der Waals surface area contributed by atoms with Crippen LogP contribution in [0, 0.1) is 6.92 Å². The smallest absolute Gasteiger partial charge is 0.261 e. The highest BCUT2D eigenvalue weighted by molar-refractivity contribution is 5.78. The third-order valence-corrected chi connectivity index (χ3v) is 4.27. The molecule has 2 aromatic rings. The molecule has 3 rings (SSSR count). The molecule has 1 amide bonds. The van der Waals surface area contributed by atoms with Crippen molar-refractivity contribution in [3.05, 3.63) is 41.5 Å². The number of rotatable bonds is 5. The minimum Gasteiger partial charge on any atom is -0.483 e. The molecule has 1 aromatic heterocycles. The Morgan fingerprint density at radius 2 is 2.28 bits per heavy atom. The average Bonchev–Trinajstić information content (AvgIpc) is 3.14. The standard InChI is InChI=1S/C18H23N3O4/c1-12(2)14-5-4-13(3)8-16(14)24-10-17(22)21-6-7-23-9-15(21)18-19-11-25-20-18/h4-5,8,11-12,15H,6-7,9-10H2,1-3H3/t15-/m1/s1. The minimum atomic E-state index is -0.342. The maximum absolute atomic E-state index is 12.7. The van der Waals surface area contributed by atoms with Gasteiger partial charge in [0, 0.05) is 6.54 Å². The van der Waals surface area contributed by atoms with Crippen molar-refractivity contribution in [1.29, 1.82) is 0 Å². The monoisotopic (exact) mass is 345 g/mol. The van der Waals surface area contributed by atoms with E-state index in [1.165, 1.54) is 6.39 Å². The normalized spacial score (nSPS) is 17.8. The highest BCUT2D eigenvalue weighted by Crippen LogP contribution is 2.28. The van der Waals surface area contributed by atoms with Crippen LogP contribution < -0.4 is 4.74 Å². The third-order valence-electron chi connectivity index (χ3n) is 4.27. The Labute approximate surface area is 146 Å². The molecule has 1 aliphatic rings. The molecule has 0 N–H and O–H groups in total. The molecule has 0 saturated carbocycles. The van der Waals surface area contributed by atoms with Crippen LogP contribution in [0.2, 0.25) is 0 Å². The van der Waals surface area contributed by atoms with Crippen molar-refractivity contribution in [2.45, 2.75) is 32.7 Å². The van der Waals surface area contributed by atoms with Crippen LogP contribution in [0.25, 0.3) is 0 Å². The Hall–Kier alpha value is -2.41. The van der Waals surface area contributed by atoms with E-state index in [2.05, 4.69) is 36.1 Å². The number of hydrogen-bond donors (Lipinski definition) is 0. The molecule has 0 radical (unpaired) electrons. The lowest BCUT2D eigenvalue weighted by atomic mass is 10.0. The summed E-state index contributed by atoms with van der Waals surface area (Å²) in [5, 5.41) is 3.84. The molecular formula is C18H23N3O4. The zero-order valence-corrected chi connectivity index (χ0v) is 14.8. The first kappa shape index (κ1) is 17.4. The van der Waals surface area contributed by atoms with E-state index >= 15 is 0 Å². The Morgan fingerprint density at radius 1 is 1.44 bits per heavy atom. The van der Waals surface area contributed by atoms with Gasteiger partial charge in [-0.2, -0.15) is 4.98 Å². The lowest BCUT2D eigenvalue weighted by molar-refractivity contribution is -0.142. The fraction of sp³-hybridized carbons (Fsp3) is 0.500. The highest BCUT2D eigenvalue weighted by Gasteiger charge is 2.31. The first-order valence-electron chi connectivity index (χ1n) is 8.43. The summed E-state index contributed by atoms with van der Waals surface area (Å²) in [6.45, 7) is 7.51. The summed E-state index contributed by atoms with van der Waals surface area (Å²) in [6.07, 6.45) is 1.25. The van der Waals surface area contributed by atoms with Crippen LogP contribution in [0.15, 0.2) is 29.1 Å². The van der Waals surface area contributed by atoms with Crippen LogP contribution in [-0.4, -0.2) is 47.3 Å². The third kappa shape index (κ3) is 3.99. The van der Waals surface area contributed by atoms with Crippen molar-refractivity contribution in [2.24, 2.45) is 0 Å². The van der Waals surface area contributed by atoms with E-state index in [0.29, 0.717) is 31.5 Å². The summed E-state index contributed by atoms with van der Waals surface area (Å²) >= 11 is 0. The number of carbonyl (C=O) groups is 1. The first-order valence-corrected chi connectivity index (χ1v) is 8.43.